The van der Waals surface area contributed by atoms with Crippen LogP contribution in [-0.4, -0.2) is 4.98 Å². The summed E-state index contributed by atoms with van der Waals surface area (Å²) in [5, 5.41) is 1.49. The van der Waals surface area contributed by atoms with Gasteiger partial charge in [-0.1, -0.05) is 24.3 Å². The van der Waals surface area contributed by atoms with E-state index >= 15 is 0 Å². The minimum atomic E-state index is 0. The number of hydrogen-bond donors (Lipinski definition) is 1. The van der Waals surface area contributed by atoms with E-state index in [1.54, 1.807) is 0 Å². The van der Waals surface area contributed by atoms with Crippen molar-refractivity contribution in [2.24, 2.45) is 0 Å². The minimum absolute atomic E-state index is 0. The molecule has 1 heterocycles. The first-order valence-electron chi connectivity index (χ1n) is 4.86. The van der Waals surface area contributed by atoms with E-state index in [-0.39, 0.29) is 58.2 Å². The number of H-pyrrole nitrogens is 1. The Hall–Kier alpha value is -0.454. The van der Waals surface area contributed by atoms with Gasteiger partial charge in [0.25, 0.3) is 0 Å². The molecule has 0 fully saturated rings. The van der Waals surface area contributed by atoms with Crippen molar-refractivity contribution in [3.8, 4) is 0 Å². The van der Waals surface area contributed by atoms with Crippen LogP contribution < -0.4 is 56.8 Å². The van der Waals surface area contributed by atoms with Crippen LogP contribution in [0, 0.1) is 0 Å². The van der Waals surface area contributed by atoms with Gasteiger partial charge in [0.1, 0.15) is 0 Å². The van der Waals surface area contributed by atoms with Crippen molar-refractivity contribution < 1.29 is 52.8 Å². The molecule has 1 N–H and O–H groups in total. The molecule has 1 aromatic heterocycles. The first kappa shape index (κ1) is 12.0. The van der Waals surface area contributed by atoms with Crippen LogP contribution in [0.1, 0.15) is 1.43 Å². The molecule has 0 atom stereocenters. The van der Waals surface area contributed by atoms with Gasteiger partial charge in [0.15, 0.2) is 5.43 Å². The van der Waals surface area contributed by atoms with Gasteiger partial charge in [-0.2, -0.15) is 0 Å². The third-order valence-corrected chi connectivity index (χ3v) is 2.61. The molecule has 0 unspecified atom stereocenters. The number of fused-ring (bicyclic) bond motifs is 2. The summed E-state index contributed by atoms with van der Waals surface area (Å²) in [6, 6.07) is 15.1. The summed E-state index contributed by atoms with van der Waals surface area (Å²) in [7, 11) is 0. The Kier molecular flexibility index (Phi) is 3.62. The quantitative estimate of drug-likeness (QED) is 0.425. The van der Waals surface area contributed by atoms with Crippen LogP contribution in [0.5, 0.6) is 0 Å². The van der Waals surface area contributed by atoms with Crippen molar-refractivity contribution in [1.29, 1.82) is 0 Å². The van der Waals surface area contributed by atoms with Gasteiger partial charge in [-0.25, -0.2) is 0 Å². The molecule has 2 nitrogen and oxygen atoms in total. The molecule has 0 aliphatic heterocycles. The van der Waals surface area contributed by atoms with Crippen molar-refractivity contribution in [2.75, 3.05) is 0 Å². The van der Waals surface area contributed by atoms with E-state index in [0.29, 0.717) is 0 Å². The van der Waals surface area contributed by atoms with E-state index in [9.17, 15) is 4.79 Å². The average Bonchev–Trinajstić information content (AvgIpc) is 2.30. The van der Waals surface area contributed by atoms with E-state index in [1.165, 1.54) is 0 Å². The molecule has 0 aliphatic rings. The Morgan fingerprint density at radius 1 is 0.812 bits per heavy atom. The van der Waals surface area contributed by atoms with Crippen LogP contribution in [0.3, 0.4) is 0 Å². The fourth-order valence-electron chi connectivity index (χ4n) is 1.87. The molecular formula is C13H10KNO. The second kappa shape index (κ2) is 4.81. The van der Waals surface area contributed by atoms with Crippen molar-refractivity contribution in [3.63, 3.8) is 0 Å². The fraction of sp³-hybridized carbons (Fsp3) is 0. The van der Waals surface area contributed by atoms with Gasteiger partial charge in [-0.3, -0.25) is 4.79 Å². The van der Waals surface area contributed by atoms with Gasteiger partial charge in [0.05, 0.1) is 0 Å². The van der Waals surface area contributed by atoms with E-state index in [4.69, 9.17) is 0 Å². The maximum Gasteiger partial charge on any atom is 1.00 e. The maximum absolute atomic E-state index is 12.1. The third kappa shape index (κ3) is 1.89. The van der Waals surface area contributed by atoms with Crippen LogP contribution in [0.2, 0.25) is 0 Å². The summed E-state index contributed by atoms with van der Waals surface area (Å²) < 4.78 is 0. The molecule has 74 valence electrons. The van der Waals surface area contributed by atoms with Gasteiger partial charge in [-0.05, 0) is 24.3 Å². The number of hydrogen-bond acceptors (Lipinski definition) is 1. The standard InChI is InChI=1S/C13H9NO.K.H/c15-13-9-5-1-3-7-11(9)14-12-8-4-2-6-10(12)13;;/h1-8H,(H,14,15);;/q;+1;-1. The summed E-state index contributed by atoms with van der Waals surface area (Å²) in [6.45, 7) is 0. The van der Waals surface area contributed by atoms with Crippen molar-refractivity contribution in [3.05, 3.63) is 58.8 Å². The van der Waals surface area contributed by atoms with Crippen molar-refractivity contribution >= 4 is 21.8 Å². The SMILES string of the molecule is O=c1c2ccccc2[nH]c2ccccc12.[H-].[K+]. The average molecular weight is 235 g/mol. The first-order chi connectivity index (χ1) is 7.36. The third-order valence-electron chi connectivity index (χ3n) is 2.61. The largest absolute Gasteiger partial charge is 1.00 e. The number of para-hydroxylation sites is 2. The Morgan fingerprint density at radius 3 is 1.75 bits per heavy atom. The molecule has 0 aliphatic carbocycles. The van der Waals surface area contributed by atoms with Crippen LogP contribution >= 0.6 is 0 Å². The van der Waals surface area contributed by atoms with E-state index < -0.39 is 0 Å². The Morgan fingerprint density at radius 2 is 1.25 bits per heavy atom. The van der Waals surface area contributed by atoms with E-state index in [2.05, 4.69) is 4.98 Å². The zero-order valence-corrected chi connectivity index (χ0v) is 12.2. The Bertz CT molecular complexity index is 651. The number of pyridine rings is 1. The number of rotatable bonds is 0. The topological polar surface area (TPSA) is 32.9 Å². The van der Waals surface area contributed by atoms with Gasteiger partial charge in [-0.15, -0.1) is 0 Å². The molecule has 0 radical (unpaired) electrons. The molecule has 0 saturated carbocycles. The summed E-state index contributed by atoms with van der Waals surface area (Å²) >= 11 is 0. The molecule has 16 heavy (non-hydrogen) atoms. The smallest absolute Gasteiger partial charge is 1.00 e. The summed E-state index contributed by atoms with van der Waals surface area (Å²) in [5.41, 5.74) is 1.88. The summed E-state index contributed by atoms with van der Waals surface area (Å²) in [5.74, 6) is 0. The molecule has 3 heteroatoms. The van der Waals surface area contributed by atoms with Gasteiger partial charge < -0.3 is 6.41 Å². The fourth-order valence-corrected chi connectivity index (χ4v) is 1.87. The number of aromatic amines is 1. The van der Waals surface area contributed by atoms with Gasteiger partial charge >= 0.3 is 51.4 Å². The normalized spacial score (nSPS) is 10.2. The van der Waals surface area contributed by atoms with Crippen molar-refractivity contribution in [1.82, 2.24) is 4.98 Å². The monoisotopic (exact) mass is 235 g/mol. The molecule has 3 rings (SSSR count). The van der Waals surface area contributed by atoms with E-state index in [1.807, 2.05) is 48.5 Å². The van der Waals surface area contributed by atoms with E-state index in [0.717, 1.165) is 21.8 Å². The molecule has 3 aromatic rings. The van der Waals surface area contributed by atoms with Crippen LogP contribution in [-0.2, 0) is 0 Å². The van der Waals surface area contributed by atoms with Gasteiger partial charge in [0, 0.05) is 21.8 Å². The number of benzene rings is 2. The Labute approximate surface area is 137 Å². The second-order valence-corrected chi connectivity index (χ2v) is 3.55. The van der Waals surface area contributed by atoms with Crippen LogP contribution in [0.15, 0.2) is 53.3 Å². The van der Waals surface area contributed by atoms with Gasteiger partial charge in [0.2, 0.25) is 0 Å². The molecular weight excluding hydrogens is 225 g/mol. The van der Waals surface area contributed by atoms with Crippen LogP contribution in [0.4, 0.5) is 0 Å². The number of nitrogens with one attached hydrogen (secondary N) is 1. The molecule has 0 amide bonds. The molecule has 2 aromatic carbocycles. The maximum atomic E-state index is 12.1. The minimum Gasteiger partial charge on any atom is -1.00 e. The van der Waals surface area contributed by atoms with Crippen LogP contribution in [0.25, 0.3) is 21.8 Å². The second-order valence-electron chi connectivity index (χ2n) is 3.55. The number of aromatic nitrogens is 1. The predicted molar refractivity (Wildman–Crippen MR) is 63.2 cm³/mol. The Balaban J connectivity index is 0.000000722. The zero-order chi connectivity index (χ0) is 10.3. The first-order valence-corrected chi connectivity index (χ1v) is 4.86. The molecule has 0 saturated heterocycles. The molecule has 0 bridgehead atoms. The zero-order valence-electron chi connectivity index (χ0n) is 10.0. The predicted octanol–water partition coefficient (Wildman–Crippen LogP) is -0.202. The summed E-state index contributed by atoms with van der Waals surface area (Å²) in [4.78, 5) is 15.3. The van der Waals surface area contributed by atoms with Crippen molar-refractivity contribution in [2.45, 2.75) is 0 Å². The molecule has 0 spiro atoms. The summed E-state index contributed by atoms with van der Waals surface area (Å²) in [6.07, 6.45) is 0.